The Kier molecular flexibility index (Phi) is 2.73. The molecule has 0 aliphatic rings. The number of thiazole rings is 1. The molecule has 1 heterocycles. The zero-order chi connectivity index (χ0) is 12.7. The van der Waals surface area contributed by atoms with Crippen molar-refractivity contribution in [2.24, 2.45) is 0 Å². The van der Waals surface area contributed by atoms with E-state index >= 15 is 0 Å². The Hall–Kier alpha value is -1.58. The molecule has 0 radical (unpaired) electrons. The number of rotatable bonds is 1. The molecule has 4 heteroatoms. The molecule has 2 aromatic carbocycles. The molecule has 0 unspecified atom stereocenters. The van der Waals surface area contributed by atoms with Crippen LogP contribution in [0.4, 0.5) is 5.69 Å². The number of nitrogens with two attached hydrogens (primary N) is 1. The number of anilines is 1. The molecule has 1 aromatic heterocycles. The van der Waals surface area contributed by atoms with Gasteiger partial charge in [0.2, 0.25) is 0 Å². The molecule has 2 N–H and O–H groups in total. The van der Waals surface area contributed by atoms with Gasteiger partial charge in [0.25, 0.3) is 0 Å². The standard InChI is InChI=1S/C14H11ClN2S/c1-8-5-6-12-11(7-8)17-14(18-12)9-3-2-4-10(15)13(9)16/h2-7H,16H2,1H3. The molecule has 0 aliphatic heterocycles. The van der Waals surface area contributed by atoms with Crippen LogP contribution < -0.4 is 5.73 Å². The van der Waals surface area contributed by atoms with Crippen LogP contribution in [-0.4, -0.2) is 4.98 Å². The molecule has 18 heavy (non-hydrogen) atoms. The van der Waals surface area contributed by atoms with Crippen molar-refractivity contribution in [3.63, 3.8) is 0 Å². The smallest absolute Gasteiger partial charge is 0.126 e. The fourth-order valence-electron chi connectivity index (χ4n) is 1.88. The highest BCUT2D eigenvalue weighted by atomic mass is 35.5. The van der Waals surface area contributed by atoms with Crippen LogP contribution in [0.3, 0.4) is 0 Å². The van der Waals surface area contributed by atoms with Gasteiger partial charge in [-0.3, -0.25) is 0 Å². The second kappa shape index (κ2) is 4.26. The summed E-state index contributed by atoms with van der Waals surface area (Å²) in [6.07, 6.45) is 0. The molecule has 3 aromatic rings. The number of fused-ring (bicyclic) bond motifs is 1. The molecule has 90 valence electrons. The lowest BCUT2D eigenvalue weighted by molar-refractivity contribution is 1.44. The summed E-state index contributed by atoms with van der Waals surface area (Å²) in [7, 11) is 0. The average Bonchev–Trinajstić information content (AvgIpc) is 2.75. The second-order valence-electron chi connectivity index (χ2n) is 4.19. The van der Waals surface area contributed by atoms with Gasteiger partial charge in [-0.1, -0.05) is 23.7 Å². The number of halogens is 1. The number of aromatic nitrogens is 1. The van der Waals surface area contributed by atoms with Crippen molar-refractivity contribution in [2.45, 2.75) is 6.92 Å². The maximum Gasteiger partial charge on any atom is 0.126 e. The summed E-state index contributed by atoms with van der Waals surface area (Å²) in [4.78, 5) is 4.63. The highest BCUT2D eigenvalue weighted by Crippen LogP contribution is 2.36. The van der Waals surface area contributed by atoms with Gasteiger partial charge in [-0.15, -0.1) is 11.3 Å². The first-order valence-corrected chi connectivity index (χ1v) is 6.76. The Morgan fingerprint density at radius 1 is 1.22 bits per heavy atom. The summed E-state index contributed by atoms with van der Waals surface area (Å²) in [5.74, 6) is 0. The van der Waals surface area contributed by atoms with Gasteiger partial charge in [-0.25, -0.2) is 4.98 Å². The molecule has 2 nitrogen and oxygen atoms in total. The first kappa shape index (κ1) is 11.5. The Labute approximate surface area is 114 Å². The van der Waals surface area contributed by atoms with Gasteiger partial charge in [0.05, 0.1) is 20.9 Å². The fraction of sp³-hybridized carbons (Fsp3) is 0.0714. The van der Waals surface area contributed by atoms with Crippen LogP contribution >= 0.6 is 22.9 Å². The predicted molar refractivity (Wildman–Crippen MR) is 79.2 cm³/mol. The number of hydrogen-bond donors (Lipinski definition) is 1. The summed E-state index contributed by atoms with van der Waals surface area (Å²) in [5.41, 5.74) is 9.71. The van der Waals surface area contributed by atoms with Crippen molar-refractivity contribution >= 4 is 38.8 Å². The first-order valence-electron chi connectivity index (χ1n) is 5.57. The molecule has 0 amide bonds. The lowest BCUT2D eigenvalue weighted by Crippen LogP contribution is -1.90. The average molecular weight is 275 g/mol. The van der Waals surface area contributed by atoms with E-state index in [1.165, 1.54) is 5.56 Å². The molecule has 3 rings (SSSR count). The van der Waals surface area contributed by atoms with Crippen LogP contribution in [-0.2, 0) is 0 Å². The van der Waals surface area contributed by atoms with E-state index in [-0.39, 0.29) is 0 Å². The van der Waals surface area contributed by atoms with E-state index < -0.39 is 0 Å². The number of aryl methyl sites for hydroxylation is 1. The van der Waals surface area contributed by atoms with E-state index in [2.05, 4.69) is 30.1 Å². The van der Waals surface area contributed by atoms with E-state index in [1.54, 1.807) is 17.4 Å². The van der Waals surface area contributed by atoms with E-state index in [9.17, 15) is 0 Å². The SMILES string of the molecule is Cc1ccc2sc(-c3cccc(Cl)c3N)nc2c1. The molecule has 0 aliphatic carbocycles. The van der Waals surface area contributed by atoms with Gasteiger partial charge >= 0.3 is 0 Å². The van der Waals surface area contributed by atoms with Gasteiger partial charge in [0.1, 0.15) is 5.01 Å². The number of hydrogen-bond acceptors (Lipinski definition) is 3. The number of para-hydroxylation sites is 1. The zero-order valence-corrected chi connectivity index (χ0v) is 11.3. The Balaban J connectivity index is 2.22. The highest BCUT2D eigenvalue weighted by Gasteiger charge is 2.10. The van der Waals surface area contributed by atoms with Crippen LogP contribution in [0.25, 0.3) is 20.8 Å². The van der Waals surface area contributed by atoms with E-state index in [4.69, 9.17) is 17.3 Å². The molecular formula is C14H11ClN2S. The summed E-state index contributed by atoms with van der Waals surface area (Å²) in [5, 5.41) is 1.48. The van der Waals surface area contributed by atoms with Crippen molar-refractivity contribution in [3.8, 4) is 10.6 Å². The largest absolute Gasteiger partial charge is 0.397 e. The topological polar surface area (TPSA) is 38.9 Å². The number of nitrogens with zero attached hydrogens (tertiary/aromatic N) is 1. The van der Waals surface area contributed by atoms with Gasteiger partial charge in [0, 0.05) is 5.56 Å². The van der Waals surface area contributed by atoms with Crippen molar-refractivity contribution < 1.29 is 0 Å². The Morgan fingerprint density at radius 2 is 2.06 bits per heavy atom. The minimum absolute atomic E-state index is 0.572. The van der Waals surface area contributed by atoms with Crippen molar-refractivity contribution in [3.05, 3.63) is 47.0 Å². The van der Waals surface area contributed by atoms with Crippen molar-refractivity contribution in [2.75, 3.05) is 5.73 Å². The third-order valence-electron chi connectivity index (χ3n) is 2.83. The Bertz CT molecular complexity index is 734. The quantitative estimate of drug-likeness (QED) is 0.663. The third-order valence-corrected chi connectivity index (χ3v) is 4.23. The number of benzene rings is 2. The molecule has 0 spiro atoms. The summed E-state index contributed by atoms with van der Waals surface area (Å²) in [6.45, 7) is 2.06. The zero-order valence-electron chi connectivity index (χ0n) is 9.77. The van der Waals surface area contributed by atoms with Crippen LogP contribution in [0.2, 0.25) is 5.02 Å². The van der Waals surface area contributed by atoms with Crippen LogP contribution in [0.1, 0.15) is 5.56 Å². The predicted octanol–water partition coefficient (Wildman–Crippen LogP) is 4.51. The van der Waals surface area contributed by atoms with E-state index in [0.717, 1.165) is 20.8 Å². The van der Waals surface area contributed by atoms with E-state index in [1.807, 2.05) is 12.1 Å². The lowest BCUT2D eigenvalue weighted by Gasteiger charge is -2.02. The molecule has 0 fully saturated rings. The van der Waals surface area contributed by atoms with Gasteiger partial charge < -0.3 is 5.73 Å². The highest BCUT2D eigenvalue weighted by molar-refractivity contribution is 7.21. The van der Waals surface area contributed by atoms with Gasteiger partial charge in [0.15, 0.2) is 0 Å². The number of nitrogen functional groups attached to an aromatic ring is 1. The van der Waals surface area contributed by atoms with Crippen LogP contribution in [0.15, 0.2) is 36.4 Å². The summed E-state index contributed by atoms with van der Waals surface area (Å²) >= 11 is 7.67. The molecule has 0 atom stereocenters. The van der Waals surface area contributed by atoms with Gasteiger partial charge in [-0.2, -0.15) is 0 Å². The first-order chi connectivity index (χ1) is 8.65. The third kappa shape index (κ3) is 1.85. The minimum Gasteiger partial charge on any atom is -0.397 e. The maximum atomic E-state index is 6.04. The minimum atomic E-state index is 0.572. The summed E-state index contributed by atoms with van der Waals surface area (Å²) < 4.78 is 1.16. The van der Waals surface area contributed by atoms with Crippen molar-refractivity contribution in [1.29, 1.82) is 0 Å². The van der Waals surface area contributed by atoms with Crippen molar-refractivity contribution in [1.82, 2.24) is 4.98 Å². The lowest BCUT2D eigenvalue weighted by atomic mass is 10.2. The van der Waals surface area contributed by atoms with E-state index in [0.29, 0.717) is 10.7 Å². The Morgan fingerprint density at radius 3 is 2.89 bits per heavy atom. The molecule has 0 saturated heterocycles. The van der Waals surface area contributed by atoms with Crippen LogP contribution in [0, 0.1) is 6.92 Å². The molecule has 0 saturated carbocycles. The van der Waals surface area contributed by atoms with Gasteiger partial charge in [-0.05, 0) is 36.8 Å². The summed E-state index contributed by atoms with van der Waals surface area (Å²) in [6, 6.07) is 11.9. The molecular weight excluding hydrogens is 264 g/mol. The molecule has 0 bridgehead atoms. The monoisotopic (exact) mass is 274 g/mol. The maximum absolute atomic E-state index is 6.04. The normalized spacial score (nSPS) is 11.0. The second-order valence-corrected chi connectivity index (χ2v) is 5.63. The van der Waals surface area contributed by atoms with Crippen LogP contribution in [0.5, 0.6) is 0 Å². The fourth-order valence-corrected chi connectivity index (χ4v) is 3.04.